The molecule has 2 aliphatic heterocycles. The normalized spacial score (nSPS) is 18.7. The lowest BCUT2D eigenvalue weighted by molar-refractivity contribution is -0.00647. The van der Waals surface area contributed by atoms with Gasteiger partial charge in [0.05, 0.1) is 30.6 Å². The van der Waals surface area contributed by atoms with E-state index >= 15 is 0 Å². The zero-order valence-corrected chi connectivity index (χ0v) is 25.4. The van der Waals surface area contributed by atoms with Gasteiger partial charge >= 0.3 is 0 Å². The molecule has 0 spiro atoms. The first-order chi connectivity index (χ1) is 19.7. The minimum atomic E-state index is -0.00357. The van der Waals surface area contributed by atoms with Crippen LogP contribution in [0.3, 0.4) is 0 Å². The monoisotopic (exact) mass is 554 g/mol. The maximum atomic E-state index is 5.90. The molecule has 1 unspecified atom stereocenters. The predicted octanol–water partition coefficient (Wildman–Crippen LogP) is 6.27. The Morgan fingerprint density at radius 3 is 2.61 bits per heavy atom. The lowest BCUT2D eigenvalue weighted by Crippen LogP contribution is -2.50. The Balaban J connectivity index is 1.51. The zero-order chi connectivity index (χ0) is 28.9. The largest absolute Gasteiger partial charge is 0.497 e. The van der Waals surface area contributed by atoms with E-state index in [0.29, 0.717) is 5.92 Å². The van der Waals surface area contributed by atoms with E-state index in [4.69, 9.17) is 19.4 Å². The highest BCUT2D eigenvalue weighted by Gasteiger charge is 2.38. The zero-order valence-electron chi connectivity index (χ0n) is 25.4. The van der Waals surface area contributed by atoms with E-state index in [9.17, 15) is 0 Å². The number of ether oxygens (including phenoxy) is 2. The molecule has 0 bridgehead atoms. The smallest absolute Gasteiger partial charge is 0.162 e. The van der Waals surface area contributed by atoms with Gasteiger partial charge in [0.25, 0.3) is 0 Å². The number of hydrogen-bond donors (Lipinski definition) is 1. The van der Waals surface area contributed by atoms with E-state index in [2.05, 4.69) is 78.9 Å². The molecule has 2 aliphatic rings. The topological polar surface area (TPSA) is 79.4 Å². The van der Waals surface area contributed by atoms with Gasteiger partial charge in [-0.25, -0.2) is 9.97 Å². The second-order valence-corrected chi connectivity index (χ2v) is 12.6. The van der Waals surface area contributed by atoms with Crippen LogP contribution in [0, 0.1) is 12.3 Å². The van der Waals surface area contributed by atoms with Crippen molar-refractivity contribution in [1.82, 2.24) is 20.2 Å². The lowest BCUT2D eigenvalue weighted by Gasteiger charge is -2.45. The number of aromatic nitrogens is 4. The number of piperidine rings is 1. The van der Waals surface area contributed by atoms with Crippen molar-refractivity contribution in [2.45, 2.75) is 66.0 Å². The van der Waals surface area contributed by atoms with E-state index in [1.54, 1.807) is 7.11 Å². The Bertz CT molecular complexity index is 1580. The first-order valence-electron chi connectivity index (χ1n) is 14.7. The summed E-state index contributed by atoms with van der Waals surface area (Å²) in [6.07, 6.45) is 3.95. The Morgan fingerprint density at radius 2 is 1.88 bits per heavy atom. The molecule has 8 heteroatoms. The van der Waals surface area contributed by atoms with Crippen LogP contribution in [0.25, 0.3) is 22.3 Å². The third-order valence-corrected chi connectivity index (χ3v) is 9.01. The van der Waals surface area contributed by atoms with Crippen molar-refractivity contribution < 1.29 is 9.47 Å². The van der Waals surface area contributed by atoms with Crippen LogP contribution < -0.4 is 14.5 Å². The molecular formula is C33H42N6O2. The molecule has 1 atom stereocenters. The second kappa shape index (κ2) is 10.6. The Kier molecular flexibility index (Phi) is 7.14. The van der Waals surface area contributed by atoms with E-state index in [1.807, 2.05) is 19.4 Å². The van der Waals surface area contributed by atoms with Crippen molar-refractivity contribution in [3.63, 3.8) is 0 Å². The van der Waals surface area contributed by atoms with Crippen LogP contribution in [-0.4, -0.2) is 60.1 Å². The third-order valence-electron chi connectivity index (χ3n) is 9.01. The number of hydrogen-bond acceptors (Lipinski definition) is 7. The number of aryl methyl sites for hydroxylation is 1. The number of anilines is 2. The molecule has 8 nitrogen and oxygen atoms in total. The Hall–Kier alpha value is -3.65. The van der Waals surface area contributed by atoms with Gasteiger partial charge in [0.2, 0.25) is 0 Å². The molecule has 4 aromatic rings. The molecule has 4 heterocycles. The third kappa shape index (κ3) is 4.92. The number of nitrogens with one attached hydrogen (secondary N) is 1. The summed E-state index contributed by atoms with van der Waals surface area (Å²) < 4.78 is 11.5. The summed E-state index contributed by atoms with van der Waals surface area (Å²) in [6.45, 7) is 14.7. The van der Waals surface area contributed by atoms with Gasteiger partial charge in [-0.1, -0.05) is 39.8 Å². The van der Waals surface area contributed by atoms with E-state index < -0.39 is 0 Å². The maximum Gasteiger partial charge on any atom is 0.162 e. The fraction of sp³-hybridized carbons (Fsp3) is 0.485. The van der Waals surface area contributed by atoms with Gasteiger partial charge in [0.15, 0.2) is 5.82 Å². The number of aromatic amines is 1. The van der Waals surface area contributed by atoms with Gasteiger partial charge in [-0.2, -0.15) is 5.10 Å². The molecule has 0 aliphatic carbocycles. The molecule has 1 N–H and O–H groups in total. The number of H-pyrrole nitrogens is 1. The Labute approximate surface area is 243 Å². The number of methoxy groups -OCH3 is 2. The SMILES string of the molecule is COc1ccc(C)c(N2CCc3nc(-c4c(C(C)C)ccc5[nH]ncc45)nc(N4CCC(OC)C(C)(C)C4)c3C2)c1. The summed E-state index contributed by atoms with van der Waals surface area (Å²) in [5, 5.41) is 8.59. The maximum absolute atomic E-state index is 5.90. The van der Waals surface area contributed by atoms with Crippen molar-refractivity contribution >= 4 is 22.4 Å². The standard InChI is InChI=1S/C33H42N6O2/c1-20(2)23-10-11-27-24(17-34-37-27)30(23)31-35-26-12-14-38(28-16-22(40-6)9-8-21(28)3)18-25(26)32(36-31)39-15-13-29(41-7)33(4,5)19-39/h8-11,16-17,20,29H,12-15,18-19H2,1-7H3,(H,34,37). The fourth-order valence-electron chi connectivity index (χ4n) is 6.75. The molecule has 1 saturated heterocycles. The summed E-state index contributed by atoms with van der Waals surface area (Å²) >= 11 is 0. The van der Waals surface area contributed by atoms with Gasteiger partial charge in [-0.05, 0) is 42.5 Å². The van der Waals surface area contributed by atoms with Crippen molar-refractivity contribution in [3.8, 4) is 17.1 Å². The molecule has 216 valence electrons. The molecular weight excluding hydrogens is 512 g/mol. The highest BCUT2D eigenvalue weighted by Crippen LogP contribution is 2.40. The van der Waals surface area contributed by atoms with E-state index in [0.717, 1.165) is 78.6 Å². The molecule has 2 aromatic heterocycles. The molecule has 6 rings (SSSR count). The number of fused-ring (bicyclic) bond motifs is 2. The van der Waals surface area contributed by atoms with Crippen molar-refractivity contribution in [1.29, 1.82) is 0 Å². The van der Waals surface area contributed by atoms with Crippen LogP contribution in [0.15, 0.2) is 36.5 Å². The summed E-state index contributed by atoms with van der Waals surface area (Å²) in [5.74, 6) is 3.05. The number of benzene rings is 2. The van der Waals surface area contributed by atoms with Crippen LogP contribution >= 0.6 is 0 Å². The van der Waals surface area contributed by atoms with Crippen molar-refractivity contribution in [3.05, 3.63) is 58.9 Å². The Morgan fingerprint density at radius 1 is 1.05 bits per heavy atom. The second-order valence-electron chi connectivity index (χ2n) is 12.6. The van der Waals surface area contributed by atoms with Crippen LogP contribution in [0.1, 0.15) is 62.4 Å². The molecule has 2 aromatic carbocycles. The van der Waals surface area contributed by atoms with Crippen LogP contribution in [0.5, 0.6) is 5.75 Å². The minimum Gasteiger partial charge on any atom is -0.497 e. The summed E-state index contributed by atoms with van der Waals surface area (Å²) in [4.78, 5) is 15.7. The predicted molar refractivity (Wildman–Crippen MR) is 165 cm³/mol. The quantitative estimate of drug-likeness (QED) is 0.301. The molecule has 0 saturated carbocycles. The van der Waals surface area contributed by atoms with Crippen LogP contribution in [0.2, 0.25) is 0 Å². The van der Waals surface area contributed by atoms with E-state index in [-0.39, 0.29) is 11.5 Å². The lowest BCUT2D eigenvalue weighted by atomic mass is 9.81. The minimum absolute atomic E-state index is 0.00357. The fourth-order valence-corrected chi connectivity index (χ4v) is 6.75. The molecule has 41 heavy (non-hydrogen) atoms. The van der Waals surface area contributed by atoms with Gasteiger partial charge in [-0.15, -0.1) is 0 Å². The summed E-state index contributed by atoms with van der Waals surface area (Å²) in [5.41, 5.74) is 8.14. The van der Waals surface area contributed by atoms with Gasteiger partial charge in [0.1, 0.15) is 11.6 Å². The van der Waals surface area contributed by atoms with Crippen LogP contribution in [0.4, 0.5) is 11.5 Å². The van der Waals surface area contributed by atoms with Crippen molar-refractivity contribution in [2.24, 2.45) is 5.41 Å². The molecule has 1 fully saturated rings. The van der Waals surface area contributed by atoms with Crippen LogP contribution in [-0.2, 0) is 17.7 Å². The first kappa shape index (κ1) is 27.5. The summed E-state index contributed by atoms with van der Waals surface area (Å²) in [7, 11) is 3.56. The van der Waals surface area contributed by atoms with Gasteiger partial charge in [0, 0.05) is 73.4 Å². The highest BCUT2D eigenvalue weighted by molar-refractivity contribution is 5.95. The molecule has 0 radical (unpaired) electrons. The van der Waals surface area contributed by atoms with Gasteiger partial charge < -0.3 is 19.3 Å². The first-order valence-corrected chi connectivity index (χ1v) is 14.7. The summed E-state index contributed by atoms with van der Waals surface area (Å²) in [6, 6.07) is 10.6. The average Bonchev–Trinajstić information content (AvgIpc) is 3.44. The van der Waals surface area contributed by atoms with E-state index in [1.165, 1.54) is 22.4 Å². The number of nitrogens with zero attached hydrogens (tertiary/aromatic N) is 5. The highest BCUT2D eigenvalue weighted by atomic mass is 16.5. The van der Waals surface area contributed by atoms with Crippen molar-refractivity contribution in [2.75, 3.05) is 43.7 Å². The van der Waals surface area contributed by atoms with Gasteiger partial charge in [-0.3, -0.25) is 5.10 Å². The average molecular weight is 555 g/mol. The number of rotatable bonds is 6. The molecule has 0 amide bonds.